The molecule has 0 atom stereocenters. The lowest BCUT2D eigenvalue weighted by Gasteiger charge is -2.11. The molecule has 134 valence electrons. The van der Waals surface area contributed by atoms with Gasteiger partial charge in [0.15, 0.2) is 5.96 Å². The van der Waals surface area contributed by atoms with Crippen LogP contribution in [0.5, 0.6) is 0 Å². The van der Waals surface area contributed by atoms with Crippen LogP contribution in [0.4, 0.5) is 0 Å². The molecule has 2 heterocycles. The molecule has 2 aromatic heterocycles. The Kier molecular flexibility index (Phi) is 6.22. The third-order valence-corrected chi connectivity index (χ3v) is 4.06. The van der Waals surface area contributed by atoms with E-state index in [-0.39, 0.29) is 0 Å². The second-order valence-electron chi connectivity index (χ2n) is 5.72. The Morgan fingerprint density at radius 2 is 1.92 bits per heavy atom. The Morgan fingerprint density at radius 3 is 2.65 bits per heavy atom. The summed E-state index contributed by atoms with van der Waals surface area (Å²) in [6, 6.07) is 13.8. The predicted molar refractivity (Wildman–Crippen MR) is 105 cm³/mol. The van der Waals surface area contributed by atoms with Crippen molar-refractivity contribution >= 4 is 17.6 Å². The van der Waals surface area contributed by atoms with E-state index in [9.17, 15) is 0 Å². The number of pyridine rings is 1. The van der Waals surface area contributed by atoms with Crippen LogP contribution in [-0.4, -0.2) is 34.3 Å². The highest BCUT2D eigenvalue weighted by atomic mass is 35.5. The number of rotatable bonds is 6. The lowest BCUT2D eigenvalue weighted by atomic mass is 10.2. The number of hydrogen-bond donors (Lipinski definition) is 2. The highest BCUT2D eigenvalue weighted by molar-refractivity contribution is 6.29. The van der Waals surface area contributed by atoms with E-state index in [1.165, 1.54) is 0 Å². The van der Waals surface area contributed by atoms with Crippen molar-refractivity contribution in [2.24, 2.45) is 4.99 Å². The van der Waals surface area contributed by atoms with Gasteiger partial charge in [0.1, 0.15) is 5.15 Å². The van der Waals surface area contributed by atoms with E-state index in [0.717, 1.165) is 35.7 Å². The maximum atomic E-state index is 5.80. The van der Waals surface area contributed by atoms with Gasteiger partial charge < -0.3 is 10.6 Å². The van der Waals surface area contributed by atoms with E-state index < -0.39 is 0 Å². The third-order valence-electron chi connectivity index (χ3n) is 3.84. The molecule has 0 radical (unpaired) electrons. The van der Waals surface area contributed by atoms with Crippen molar-refractivity contribution in [2.75, 3.05) is 13.6 Å². The molecule has 2 N–H and O–H groups in total. The normalized spacial score (nSPS) is 11.4. The number of nitrogens with zero attached hydrogens (tertiary/aromatic N) is 4. The summed E-state index contributed by atoms with van der Waals surface area (Å²) < 4.78 is 1.86. The van der Waals surface area contributed by atoms with Crippen LogP contribution >= 0.6 is 11.6 Å². The molecular weight excluding hydrogens is 348 g/mol. The highest BCUT2D eigenvalue weighted by Gasteiger charge is 2.03. The second kappa shape index (κ2) is 9.01. The van der Waals surface area contributed by atoms with Crippen molar-refractivity contribution in [1.29, 1.82) is 0 Å². The van der Waals surface area contributed by atoms with Gasteiger partial charge in [-0.2, -0.15) is 5.10 Å². The van der Waals surface area contributed by atoms with Crippen LogP contribution < -0.4 is 10.6 Å². The third kappa shape index (κ3) is 5.07. The van der Waals surface area contributed by atoms with Crippen LogP contribution in [0.1, 0.15) is 11.1 Å². The summed E-state index contributed by atoms with van der Waals surface area (Å²) in [6.07, 6.45) is 6.50. The molecule has 0 unspecified atom stereocenters. The summed E-state index contributed by atoms with van der Waals surface area (Å²) in [7, 11) is 1.76. The van der Waals surface area contributed by atoms with Gasteiger partial charge in [0.25, 0.3) is 0 Å². The fourth-order valence-corrected chi connectivity index (χ4v) is 2.57. The van der Waals surface area contributed by atoms with Crippen molar-refractivity contribution < 1.29 is 0 Å². The number of nitrogens with one attached hydrogen (secondary N) is 2. The molecule has 0 aliphatic rings. The van der Waals surface area contributed by atoms with Gasteiger partial charge in [-0.15, -0.1) is 0 Å². The van der Waals surface area contributed by atoms with E-state index in [0.29, 0.717) is 11.7 Å². The van der Waals surface area contributed by atoms with Gasteiger partial charge in [0, 0.05) is 38.1 Å². The summed E-state index contributed by atoms with van der Waals surface area (Å²) in [4.78, 5) is 8.33. The summed E-state index contributed by atoms with van der Waals surface area (Å²) in [5.41, 5.74) is 3.25. The standard InChI is InChI=1S/C19H21ClN6/c1-21-19(22-10-9-15-7-8-18(20)23-11-15)24-12-16-13-25-26(14-16)17-5-3-2-4-6-17/h2-8,11,13-14H,9-10,12H2,1H3,(H2,21,22,24). The number of guanidine groups is 1. The van der Waals surface area contributed by atoms with Gasteiger partial charge in [-0.1, -0.05) is 35.9 Å². The lowest BCUT2D eigenvalue weighted by Crippen LogP contribution is -2.37. The van der Waals surface area contributed by atoms with Crippen LogP contribution in [0.25, 0.3) is 5.69 Å². The minimum atomic E-state index is 0.509. The molecule has 7 heteroatoms. The summed E-state index contributed by atoms with van der Waals surface area (Å²) in [5, 5.41) is 11.5. The minimum absolute atomic E-state index is 0.509. The summed E-state index contributed by atoms with van der Waals surface area (Å²) in [6.45, 7) is 1.40. The number of aromatic nitrogens is 3. The van der Waals surface area contributed by atoms with Crippen molar-refractivity contribution in [1.82, 2.24) is 25.4 Å². The van der Waals surface area contributed by atoms with Gasteiger partial charge >= 0.3 is 0 Å². The maximum Gasteiger partial charge on any atom is 0.191 e. The quantitative estimate of drug-likeness (QED) is 0.399. The Morgan fingerprint density at radius 1 is 1.08 bits per heavy atom. The van der Waals surface area contributed by atoms with Crippen LogP contribution in [0.3, 0.4) is 0 Å². The first kappa shape index (κ1) is 17.9. The monoisotopic (exact) mass is 368 g/mol. The van der Waals surface area contributed by atoms with E-state index in [1.54, 1.807) is 19.3 Å². The second-order valence-corrected chi connectivity index (χ2v) is 6.11. The molecule has 0 bridgehead atoms. The lowest BCUT2D eigenvalue weighted by molar-refractivity contribution is 0.792. The van der Waals surface area contributed by atoms with Crippen LogP contribution in [0.15, 0.2) is 66.0 Å². The molecule has 3 aromatic rings. The number of aliphatic imine (C=N–C) groups is 1. The Hall–Kier alpha value is -2.86. The fraction of sp³-hybridized carbons (Fsp3) is 0.211. The smallest absolute Gasteiger partial charge is 0.191 e. The van der Waals surface area contributed by atoms with Crippen LogP contribution in [0, 0.1) is 0 Å². The molecule has 0 aliphatic carbocycles. The molecule has 1 aromatic carbocycles. The average Bonchev–Trinajstić information content (AvgIpc) is 3.16. The van der Waals surface area contributed by atoms with E-state index in [1.807, 2.05) is 53.5 Å². The van der Waals surface area contributed by atoms with Crippen LogP contribution in [-0.2, 0) is 13.0 Å². The largest absolute Gasteiger partial charge is 0.356 e. The highest BCUT2D eigenvalue weighted by Crippen LogP contribution is 2.07. The van der Waals surface area contributed by atoms with E-state index in [4.69, 9.17) is 11.6 Å². The molecule has 0 saturated heterocycles. The number of halogens is 1. The zero-order valence-electron chi connectivity index (χ0n) is 14.6. The minimum Gasteiger partial charge on any atom is -0.356 e. The van der Waals surface area contributed by atoms with Crippen molar-refractivity contribution in [3.05, 3.63) is 77.3 Å². The Bertz CT molecular complexity index is 842. The van der Waals surface area contributed by atoms with E-state index in [2.05, 4.69) is 25.7 Å². The fourth-order valence-electron chi connectivity index (χ4n) is 2.46. The van der Waals surface area contributed by atoms with Crippen LogP contribution in [0.2, 0.25) is 5.15 Å². The molecule has 0 saturated carbocycles. The van der Waals surface area contributed by atoms with Crippen molar-refractivity contribution in [3.63, 3.8) is 0 Å². The molecule has 26 heavy (non-hydrogen) atoms. The first-order valence-corrected chi connectivity index (χ1v) is 8.76. The summed E-state index contributed by atoms with van der Waals surface area (Å²) >= 11 is 5.80. The van der Waals surface area contributed by atoms with Gasteiger partial charge in [-0.25, -0.2) is 9.67 Å². The van der Waals surface area contributed by atoms with Crippen molar-refractivity contribution in [3.8, 4) is 5.69 Å². The SMILES string of the molecule is CN=C(NCCc1ccc(Cl)nc1)NCc1cnn(-c2ccccc2)c1. The zero-order chi connectivity index (χ0) is 18.2. The van der Waals surface area contributed by atoms with Gasteiger partial charge in [0.05, 0.1) is 11.9 Å². The summed E-state index contributed by atoms with van der Waals surface area (Å²) in [5.74, 6) is 0.749. The Balaban J connectivity index is 1.47. The zero-order valence-corrected chi connectivity index (χ0v) is 15.3. The topological polar surface area (TPSA) is 67.1 Å². The van der Waals surface area contributed by atoms with Gasteiger partial charge in [0.2, 0.25) is 0 Å². The number of benzene rings is 1. The molecule has 3 rings (SSSR count). The average molecular weight is 369 g/mol. The molecular formula is C19H21ClN6. The molecule has 0 aliphatic heterocycles. The first-order chi connectivity index (χ1) is 12.7. The molecule has 0 fully saturated rings. The van der Waals surface area contributed by atoms with Gasteiger partial charge in [-0.05, 0) is 30.2 Å². The van der Waals surface area contributed by atoms with E-state index >= 15 is 0 Å². The predicted octanol–water partition coefficient (Wildman–Crippen LogP) is 2.83. The maximum absolute atomic E-state index is 5.80. The first-order valence-electron chi connectivity index (χ1n) is 8.38. The number of para-hydroxylation sites is 1. The van der Waals surface area contributed by atoms with Crippen molar-refractivity contribution in [2.45, 2.75) is 13.0 Å². The molecule has 0 amide bonds. The Labute approximate surface area is 157 Å². The molecule has 0 spiro atoms. The number of hydrogen-bond acceptors (Lipinski definition) is 3. The molecule has 6 nitrogen and oxygen atoms in total. The van der Waals surface area contributed by atoms with Gasteiger partial charge in [-0.3, -0.25) is 4.99 Å².